The predicted molar refractivity (Wildman–Crippen MR) is 70.0 cm³/mol. The van der Waals surface area contributed by atoms with E-state index in [0.717, 1.165) is 5.76 Å². The Kier molecular flexibility index (Phi) is 4.78. The molecular weight excluding hydrogens is 301 g/mol. The lowest BCUT2D eigenvalue weighted by Gasteiger charge is -2.07. The van der Waals surface area contributed by atoms with Crippen LogP contribution < -0.4 is 10.1 Å². The number of benzene rings is 1. The van der Waals surface area contributed by atoms with Crippen LogP contribution >= 0.6 is 15.9 Å². The number of ether oxygens (including phenoxy) is 1. The maximum Gasteiger partial charge on any atom is 0.128 e. The molecule has 1 heterocycles. The number of hydrogen-bond acceptors (Lipinski definition) is 3. The van der Waals surface area contributed by atoms with E-state index in [1.807, 2.05) is 12.1 Å². The zero-order chi connectivity index (χ0) is 12.8. The van der Waals surface area contributed by atoms with Gasteiger partial charge in [0.15, 0.2) is 0 Å². The minimum absolute atomic E-state index is 0.317. The van der Waals surface area contributed by atoms with Gasteiger partial charge < -0.3 is 14.5 Å². The van der Waals surface area contributed by atoms with E-state index < -0.39 is 0 Å². The lowest BCUT2D eigenvalue weighted by molar-refractivity contribution is 0.309. The van der Waals surface area contributed by atoms with Crippen molar-refractivity contribution >= 4 is 15.9 Å². The number of hydrogen-bond donors (Lipinski definition) is 1. The molecule has 2 rings (SSSR count). The van der Waals surface area contributed by atoms with Gasteiger partial charge in [-0.1, -0.05) is 15.9 Å². The minimum atomic E-state index is -0.317. The van der Waals surface area contributed by atoms with Crippen LogP contribution in [0.2, 0.25) is 0 Å². The van der Waals surface area contributed by atoms with Gasteiger partial charge in [-0.05, 0) is 24.3 Å². The molecule has 0 aliphatic carbocycles. The van der Waals surface area contributed by atoms with E-state index in [4.69, 9.17) is 9.15 Å². The largest absolute Gasteiger partial charge is 0.492 e. The molecule has 5 heteroatoms. The van der Waals surface area contributed by atoms with Crippen molar-refractivity contribution < 1.29 is 13.5 Å². The molecular formula is C13H13BrFNO2. The molecule has 0 amide bonds. The summed E-state index contributed by atoms with van der Waals surface area (Å²) in [6.07, 6.45) is 1.64. The van der Waals surface area contributed by atoms with Gasteiger partial charge in [0.2, 0.25) is 0 Å². The Morgan fingerprint density at radius 1 is 1.33 bits per heavy atom. The molecule has 1 aromatic carbocycles. The molecule has 0 aliphatic rings. The summed E-state index contributed by atoms with van der Waals surface area (Å²) in [4.78, 5) is 0. The summed E-state index contributed by atoms with van der Waals surface area (Å²) in [5, 5.41) is 3.16. The first kappa shape index (κ1) is 13.1. The molecule has 0 saturated heterocycles. The third kappa shape index (κ3) is 4.16. The van der Waals surface area contributed by atoms with Gasteiger partial charge in [0.05, 0.1) is 12.8 Å². The van der Waals surface area contributed by atoms with Crippen molar-refractivity contribution in [2.45, 2.75) is 6.54 Å². The summed E-state index contributed by atoms with van der Waals surface area (Å²) in [5.41, 5.74) is 0. The summed E-state index contributed by atoms with van der Waals surface area (Å²) in [6, 6.07) is 8.23. The zero-order valence-corrected chi connectivity index (χ0v) is 11.2. The molecule has 3 nitrogen and oxygen atoms in total. The van der Waals surface area contributed by atoms with Gasteiger partial charge in [-0.15, -0.1) is 0 Å². The quantitative estimate of drug-likeness (QED) is 0.830. The van der Waals surface area contributed by atoms with Crippen LogP contribution in [0.5, 0.6) is 5.75 Å². The maximum absolute atomic E-state index is 13.1. The first-order chi connectivity index (χ1) is 8.74. The molecule has 0 spiro atoms. The van der Waals surface area contributed by atoms with E-state index in [1.54, 1.807) is 12.3 Å². The first-order valence-corrected chi connectivity index (χ1v) is 6.35. The number of furan rings is 1. The van der Waals surface area contributed by atoms with Gasteiger partial charge in [-0.25, -0.2) is 4.39 Å². The van der Waals surface area contributed by atoms with Gasteiger partial charge in [-0.3, -0.25) is 0 Å². The van der Waals surface area contributed by atoms with Gasteiger partial charge in [0.25, 0.3) is 0 Å². The third-order valence-electron chi connectivity index (χ3n) is 2.26. The van der Waals surface area contributed by atoms with Crippen LogP contribution in [-0.4, -0.2) is 13.2 Å². The van der Waals surface area contributed by atoms with Gasteiger partial charge in [0, 0.05) is 17.1 Å². The Hall–Kier alpha value is -1.33. The highest BCUT2D eigenvalue weighted by atomic mass is 79.9. The standard InChI is InChI=1S/C13H13BrFNO2/c14-10-6-11(15)8-13(7-10)18-5-3-16-9-12-2-1-4-17-12/h1-2,4,6-8,16H,3,5,9H2. The fourth-order valence-corrected chi connectivity index (χ4v) is 1.92. The molecule has 0 bridgehead atoms. The summed E-state index contributed by atoms with van der Waals surface area (Å²) in [6.45, 7) is 1.79. The van der Waals surface area contributed by atoms with Crippen molar-refractivity contribution in [1.82, 2.24) is 5.32 Å². The summed E-state index contributed by atoms with van der Waals surface area (Å²) in [5.74, 6) is 1.08. The average molecular weight is 314 g/mol. The topological polar surface area (TPSA) is 34.4 Å². The van der Waals surface area contributed by atoms with E-state index in [1.165, 1.54) is 12.1 Å². The van der Waals surface area contributed by atoms with E-state index >= 15 is 0 Å². The van der Waals surface area contributed by atoms with E-state index in [9.17, 15) is 4.39 Å². The number of nitrogens with one attached hydrogen (secondary N) is 1. The summed E-state index contributed by atoms with van der Waals surface area (Å²) < 4.78 is 24.3. The Morgan fingerprint density at radius 3 is 2.94 bits per heavy atom. The van der Waals surface area contributed by atoms with E-state index in [2.05, 4.69) is 21.2 Å². The maximum atomic E-state index is 13.1. The highest BCUT2D eigenvalue weighted by molar-refractivity contribution is 9.10. The molecule has 0 saturated carbocycles. The van der Waals surface area contributed by atoms with Crippen LogP contribution in [0, 0.1) is 5.82 Å². The molecule has 0 unspecified atom stereocenters. The van der Waals surface area contributed by atoms with Crippen LogP contribution in [-0.2, 0) is 6.54 Å². The molecule has 18 heavy (non-hydrogen) atoms. The average Bonchev–Trinajstić information content (AvgIpc) is 2.80. The highest BCUT2D eigenvalue weighted by Gasteiger charge is 2.00. The Bertz CT molecular complexity index is 467. The number of halogens is 2. The Morgan fingerprint density at radius 2 is 2.22 bits per heavy atom. The lowest BCUT2D eigenvalue weighted by atomic mass is 10.3. The molecule has 1 N–H and O–H groups in total. The van der Waals surface area contributed by atoms with Crippen LogP contribution in [0.25, 0.3) is 0 Å². The minimum Gasteiger partial charge on any atom is -0.492 e. The van der Waals surface area contributed by atoms with E-state index in [0.29, 0.717) is 29.9 Å². The molecule has 0 fully saturated rings. The van der Waals surface area contributed by atoms with Gasteiger partial charge in [0.1, 0.15) is 23.9 Å². The van der Waals surface area contributed by atoms with Crippen LogP contribution in [0.1, 0.15) is 5.76 Å². The second-order valence-corrected chi connectivity index (χ2v) is 4.63. The smallest absolute Gasteiger partial charge is 0.128 e. The Balaban J connectivity index is 1.68. The SMILES string of the molecule is Fc1cc(Br)cc(OCCNCc2ccco2)c1. The van der Waals surface area contributed by atoms with Crippen molar-refractivity contribution in [3.63, 3.8) is 0 Å². The predicted octanol–water partition coefficient (Wildman–Crippen LogP) is 3.35. The normalized spacial score (nSPS) is 10.6. The first-order valence-electron chi connectivity index (χ1n) is 5.56. The summed E-state index contributed by atoms with van der Waals surface area (Å²) in [7, 11) is 0. The monoisotopic (exact) mass is 313 g/mol. The van der Waals surface area contributed by atoms with Crippen LogP contribution in [0.4, 0.5) is 4.39 Å². The molecule has 0 aliphatic heterocycles. The molecule has 1 aromatic heterocycles. The summed E-state index contributed by atoms with van der Waals surface area (Å²) >= 11 is 3.21. The Labute approximate surface area is 113 Å². The van der Waals surface area contributed by atoms with Crippen molar-refractivity contribution in [1.29, 1.82) is 0 Å². The molecule has 96 valence electrons. The van der Waals surface area contributed by atoms with Crippen molar-refractivity contribution in [3.8, 4) is 5.75 Å². The molecule has 2 aromatic rings. The number of rotatable bonds is 6. The fourth-order valence-electron chi connectivity index (χ4n) is 1.48. The third-order valence-corrected chi connectivity index (χ3v) is 2.72. The van der Waals surface area contributed by atoms with Crippen molar-refractivity contribution in [3.05, 3.63) is 52.6 Å². The van der Waals surface area contributed by atoms with E-state index in [-0.39, 0.29) is 5.82 Å². The molecule has 0 radical (unpaired) electrons. The van der Waals surface area contributed by atoms with Crippen molar-refractivity contribution in [2.75, 3.05) is 13.2 Å². The lowest BCUT2D eigenvalue weighted by Crippen LogP contribution is -2.20. The van der Waals surface area contributed by atoms with Crippen LogP contribution in [0.3, 0.4) is 0 Å². The second-order valence-electron chi connectivity index (χ2n) is 3.71. The fraction of sp³-hybridized carbons (Fsp3) is 0.231. The van der Waals surface area contributed by atoms with Crippen LogP contribution in [0.15, 0.2) is 45.5 Å². The van der Waals surface area contributed by atoms with Gasteiger partial charge >= 0.3 is 0 Å². The second kappa shape index (κ2) is 6.56. The van der Waals surface area contributed by atoms with Gasteiger partial charge in [-0.2, -0.15) is 0 Å². The van der Waals surface area contributed by atoms with Crippen molar-refractivity contribution in [2.24, 2.45) is 0 Å². The zero-order valence-electron chi connectivity index (χ0n) is 9.66. The highest BCUT2D eigenvalue weighted by Crippen LogP contribution is 2.20. The molecule has 0 atom stereocenters.